The Bertz CT molecular complexity index is 433. The van der Waals surface area contributed by atoms with Gasteiger partial charge in [-0.1, -0.05) is 15.9 Å². The van der Waals surface area contributed by atoms with Crippen LogP contribution >= 0.6 is 15.9 Å². The Labute approximate surface area is 114 Å². The topological polar surface area (TPSA) is 64.4 Å². The molecule has 98 valence electrons. The third-order valence-electron chi connectivity index (χ3n) is 2.96. The highest BCUT2D eigenvalue weighted by molar-refractivity contribution is 9.10. The molecular weight excluding hydrogens is 300 g/mol. The molecule has 18 heavy (non-hydrogen) atoms. The van der Waals surface area contributed by atoms with E-state index in [1.165, 1.54) is 6.07 Å². The summed E-state index contributed by atoms with van der Waals surface area (Å²) >= 11 is 3.24. The van der Waals surface area contributed by atoms with Crippen molar-refractivity contribution in [1.82, 2.24) is 5.32 Å². The molecule has 0 aliphatic carbocycles. The Kier molecular flexibility index (Phi) is 4.68. The zero-order chi connectivity index (χ0) is 13.0. The van der Waals surface area contributed by atoms with E-state index in [9.17, 15) is 10.1 Å². The second kappa shape index (κ2) is 6.26. The van der Waals surface area contributed by atoms with Crippen molar-refractivity contribution >= 4 is 21.6 Å². The fourth-order valence-electron chi connectivity index (χ4n) is 2.03. The molecule has 5 nitrogen and oxygen atoms in total. The van der Waals surface area contributed by atoms with Crippen LogP contribution in [0.15, 0.2) is 22.7 Å². The summed E-state index contributed by atoms with van der Waals surface area (Å²) in [7, 11) is 0. The summed E-state index contributed by atoms with van der Waals surface area (Å²) in [5.41, 5.74) is 0.838. The molecule has 1 aliphatic heterocycles. The lowest BCUT2D eigenvalue weighted by Gasteiger charge is -2.10. The van der Waals surface area contributed by atoms with Crippen LogP contribution in [0.2, 0.25) is 0 Å². The highest BCUT2D eigenvalue weighted by Crippen LogP contribution is 2.23. The molecule has 1 heterocycles. The molecule has 0 spiro atoms. The molecule has 1 aromatic rings. The number of ether oxygens (including phenoxy) is 1. The first-order valence-electron chi connectivity index (χ1n) is 5.92. The molecule has 0 amide bonds. The quantitative estimate of drug-likeness (QED) is 0.670. The van der Waals surface area contributed by atoms with Gasteiger partial charge in [0.25, 0.3) is 5.69 Å². The first-order chi connectivity index (χ1) is 8.66. The van der Waals surface area contributed by atoms with Crippen molar-refractivity contribution in [1.29, 1.82) is 0 Å². The predicted molar refractivity (Wildman–Crippen MR) is 71.5 cm³/mol. The monoisotopic (exact) mass is 314 g/mol. The van der Waals surface area contributed by atoms with Gasteiger partial charge in [-0.15, -0.1) is 0 Å². The van der Waals surface area contributed by atoms with Crippen LogP contribution in [0.25, 0.3) is 0 Å². The molecule has 1 atom stereocenters. The Morgan fingerprint density at radius 2 is 2.39 bits per heavy atom. The van der Waals surface area contributed by atoms with E-state index < -0.39 is 0 Å². The predicted octanol–water partition coefficient (Wildman–Crippen LogP) is 2.63. The van der Waals surface area contributed by atoms with Gasteiger partial charge in [0.15, 0.2) is 0 Å². The van der Waals surface area contributed by atoms with Gasteiger partial charge in [-0.25, -0.2) is 0 Å². The average molecular weight is 315 g/mol. The van der Waals surface area contributed by atoms with Crippen LogP contribution < -0.4 is 5.32 Å². The molecule has 1 N–H and O–H groups in total. The lowest BCUT2D eigenvalue weighted by molar-refractivity contribution is -0.385. The normalized spacial score (nSPS) is 19.1. The van der Waals surface area contributed by atoms with E-state index in [0.717, 1.165) is 30.5 Å². The van der Waals surface area contributed by atoms with Crippen LogP contribution in [0.5, 0.6) is 0 Å². The van der Waals surface area contributed by atoms with Crippen LogP contribution in [-0.2, 0) is 11.3 Å². The lowest BCUT2D eigenvalue weighted by atomic mass is 10.1. The van der Waals surface area contributed by atoms with Gasteiger partial charge >= 0.3 is 0 Å². The molecule has 2 rings (SSSR count). The Balaban J connectivity index is 1.93. The Morgan fingerprint density at radius 3 is 3.06 bits per heavy atom. The van der Waals surface area contributed by atoms with Crippen LogP contribution in [0, 0.1) is 10.1 Å². The summed E-state index contributed by atoms with van der Waals surface area (Å²) in [6.45, 7) is 2.06. The van der Waals surface area contributed by atoms with Crippen molar-refractivity contribution in [3.8, 4) is 0 Å². The van der Waals surface area contributed by atoms with Gasteiger partial charge in [-0.2, -0.15) is 0 Å². The molecule has 6 heteroatoms. The molecule has 1 unspecified atom stereocenters. The van der Waals surface area contributed by atoms with Crippen molar-refractivity contribution in [2.75, 3.05) is 13.2 Å². The fourth-order valence-corrected chi connectivity index (χ4v) is 2.38. The van der Waals surface area contributed by atoms with Crippen LogP contribution in [-0.4, -0.2) is 24.2 Å². The van der Waals surface area contributed by atoms with Crippen LogP contribution in [0.1, 0.15) is 18.4 Å². The molecular formula is C12H15BrN2O3. The number of hydrogen-bond acceptors (Lipinski definition) is 4. The second-order valence-electron chi connectivity index (χ2n) is 4.30. The lowest BCUT2D eigenvalue weighted by Crippen LogP contribution is -2.26. The van der Waals surface area contributed by atoms with Crippen molar-refractivity contribution in [2.24, 2.45) is 0 Å². The van der Waals surface area contributed by atoms with E-state index in [4.69, 9.17) is 4.74 Å². The molecule has 0 bridgehead atoms. The summed E-state index contributed by atoms with van der Waals surface area (Å²) < 4.78 is 6.20. The van der Waals surface area contributed by atoms with Gasteiger partial charge in [0.1, 0.15) is 0 Å². The van der Waals surface area contributed by atoms with Gasteiger partial charge < -0.3 is 10.1 Å². The van der Waals surface area contributed by atoms with Crippen molar-refractivity contribution in [3.63, 3.8) is 0 Å². The zero-order valence-corrected chi connectivity index (χ0v) is 11.5. The van der Waals surface area contributed by atoms with Gasteiger partial charge in [-0.05, 0) is 25.0 Å². The number of nitro groups is 1. The maximum absolute atomic E-state index is 10.9. The molecule has 1 aromatic carbocycles. The molecule has 0 saturated carbocycles. The molecule has 0 aromatic heterocycles. The number of rotatable bonds is 5. The number of nitrogens with zero attached hydrogens (tertiary/aromatic N) is 1. The van der Waals surface area contributed by atoms with Gasteiger partial charge in [0, 0.05) is 35.8 Å². The first-order valence-corrected chi connectivity index (χ1v) is 6.71. The Hall–Kier alpha value is -0.980. The number of benzene rings is 1. The van der Waals surface area contributed by atoms with Gasteiger partial charge in [-0.3, -0.25) is 10.1 Å². The maximum atomic E-state index is 10.9. The SMILES string of the molecule is O=[N+]([O-])c1cc(Br)ccc1CNCC1CCCO1. The summed E-state index contributed by atoms with van der Waals surface area (Å²) in [6.07, 6.45) is 2.42. The number of nitro benzene ring substituents is 1. The average Bonchev–Trinajstić information content (AvgIpc) is 2.84. The number of nitrogens with one attached hydrogen (secondary N) is 1. The minimum atomic E-state index is -0.353. The van der Waals surface area contributed by atoms with E-state index in [0.29, 0.717) is 12.1 Å². The smallest absolute Gasteiger partial charge is 0.275 e. The van der Waals surface area contributed by atoms with Crippen molar-refractivity contribution < 1.29 is 9.66 Å². The van der Waals surface area contributed by atoms with E-state index in [2.05, 4.69) is 21.2 Å². The fraction of sp³-hybridized carbons (Fsp3) is 0.500. The van der Waals surface area contributed by atoms with Crippen molar-refractivity contribution in [2.45, 2.75) is 25.5 Å². The zero-order valence-electron chi connectivity index (χ0n) is 9.89. The van der Waals surface area contributed by atoms with E-state index >= 15 is 0 Å². The highest BCUT2D eigenvalue weighted by Gasteiger charge is 2.17. The summed E-state index contributed by atoms with van der Waals surface area (Å²) in [5, 5.41) is 14.1. The van der Waals surface area contributed by atoms with Crippen LogP contribution in [0.3, 0.4) is 0 Å². The third-order valence-corrected chi connectivity index (χ3v) is 3.45. The van der Waals surface area contributed by atoms with Gasteiger partial charge in [0.05, 0.1) is 11.0 Å². The molecule has 1 aliphatic rings. The van der Waals surface area contributed by atoms with E-state index in [-0.39, 0.29) is 16.7 Å². The summed E-state index contributed by atoms with van der Waals surface area (Å²) in [4.78, 5) is 10.6. The number of halogens is 1. The van der Waals surface area contributed by atoms with E-state index in [1.807, 2.05) is 6.07 Å². The van der Waals surface area contributed by atoms with Gasteiger partial charge in [0.2, 0.25) is 0 Å². The molecule has 0 radical (unpaired) electrons. The summed E-state index contributed by atoms with van der Waals surface area (Å²) in [5.74, 6) is 0. The largest absolute Gasteiger partial charge is 0.377 e. The minimum Gasteiger partial charge on any atom is -0.377 e. The van der Waals surface area contributed by atoms with E-state index in [1.54, 1.807) is 6.07 Å². The van der Waals surface area contributed by atoms with Crippen molar-refractivity contribution in [3.05, 3.63) is 38.3 Å². The van der Waals surface area contributed by atoms with Crippen LogP contribution in [0.4, 0.5) is 5.69 Å². The Morgan fingerprint density at radius 1 is 1.56 bits per heavy atom. The molecule has 1 fully saturated rings. The second-order valence-corrected chi connectivity index (χ2v) is 5.21. The molecule has 1 saturated heterocycles. The maximum Gasteiger partial charge on any atom is 0.275 e. The highest BCUT2D eigenvalue weighted by atomic mass is 79.9. The third kappa shape index (κ3) is 3.51. The standard InChI is InChI=1S/C12H15BrN2O3/c13-10-4-3-9(12(6-10)15(16)17)7-14-8-11-2-1-5-18-11/h3-4,6,11,14H,1-2,5,7-8H2. The first kappa shape index (κ1) is 13.5. The summed E-state index contributed by atoms with van der Waals surface area (Å²) in [6, 6.07) is 5.11. The number of hydrogen-bond donors (Lipinski definition) is 1. The minimum absolute atomic E-state index is 0.143.